The van der Waals surface area contributed by atoms with Crippen LogP contribution in [0.4, 0.5) is 10.5 Å². The Balaban J connectivity index is 1.97. The minimum atomic E-state index is -0.359. The van der Waals surface area contributed by atoms with E-state index in [1.54, 1.807) is 4.90 Å². The van der Waals surface area contributed by atoms with Crippen molar-refractivity contribution >= 4 is 17.6 Å². The maximum atomic E-state index is 12.3. The van der Waals surface area contributed by atoms with Crippen LogP contribution in [0, 0.1) is 0 Å². The molecular weight excluding hydrogens is 266 g/mol. The monoisotopic (exact) mass is 289 g/mol. The van der Waals surface area contributed by atoms with Gasteiger partial charge in [-0.2, -0.15) is 0 Å². The van der Waals surface area contributed by atoms with Crippen molar-refractivity contribution in [2.24, 2.45) is 0 Å². The van der Waals surface area contributed by atoms with Crippen molar-refractivity contribution in [3.63, 3.8) is 0 Å². The number of para-hydroxylation sites is 1. The van der Waals surface area contributed by atoms with Gasteiger partial charge in [-0.15, -0.1) is 0 Å². The number of urea groups is 1. The van der Waals surface area contributed by atoms with E-state index in [0.717, 1.165) is 24.9 Å². The summed E-state index contributed by atoms with van der Waals surface area (Å²) in [5.41, 5.74) is 0.746. The summed E-state index contributed by atoms with van der Waals surface area (Å²) in [6.45, 7) is 4.62. The molecule has 0 aromatic heterocycles. The number of amides is 3. The van der Waals surface area contributed by atoms with Crippen LogP contribution >= 0.6 is 0 Å². The standard InChI is InChI=1S/C16H23N3O2/c1-3-12(2)17-15(20)14-10-7-11-19(14)16(21)18-13-8-5-4-6-9-13/h4-6,8-9,12,14H,3,7,10-11H2,1-2H3,(H,17,20)(H,18,21)/t12-,14+/m0/s1. The van der Waals surface area contributed by atoms with Crippen LogP contribution < -0.4 is 10.6 Å². The van der Waals surface area contributed by atoms with E-state index < -0.39 is 0 Å². The lowest BCUT2D eigenvalue weighted by molar-refractivity contribution is -0.125. The molecule has 2 atom stereocenters. The summed E-state index contributed by atoms with van der Waals surface area (Å²) < 4.78 is 0. The summed E-state index contributed by atoms with van der Waals surface area (Å²) in [7, 11) is 0. The highest BCUT2D eigenvalue weighted by atomic mass is 16.2. The molecule has 114 valence electrons. The second-order valence-electron chi connectivity index (χ2n) is 5.47. The van der Waals surface area contributed by atoms with Crippen LogP contribution in [0.5, 0.6) is 0 Å². The molecule has 1 aliphatic rings. The van der Waals surface area contributed by atoms with Crippen LogP contribution in [-0.4, -0.2) is 35.5 Å². The van der Waals surface area contributed by atoms with Gasteiger partial charge in [0.15, 0.2) is 0 Å². The summed E-state index contributed by atoms with van der Waals surface area (Å²) in [5.74, 6) is -0.0509. The molecule has 0 unspecified atom stereocenters. The summed E-state index contributed by atoms with van der Waals surface area (Å²) >= 11 is 0. The fourth-order valence-electron chi connectivity index (χ4n) is 2.44. The van der Waals surface area contributed by atoms with Crippen LogP contribution in [0.2, 0.25) is 0 Å². The predicted octanol–water partition coefficient (Wildman–Crippen LogP) is 2.60. The minimum Gasteiger partial charge on any atom is -0.352 e. The first-order valence-corrected chi connectivity index (χ1v) is 7.55. The smallest absolute Gasteiger partial charge is 0.322 e. The Hall–Kier alpha value is -2.04. The molecular formula is C16H23N3O2. The largest absolute Gasteiger partial charge is 0.352 e. The first kappa shape index (κ1) is 15.4. The van der Waals surface area contributed by atoms with Gasteiger partial charge in [0.05, 0.1) is 0 Å². The van der Waals surface area contributed by atoms with Crippen molar-refractivity contribution in [1.29, 1.82) is 0 Å². The number of rotatable bonds is 4. The second kappa shape index (κ2) is 7.11. The zero-order valence-electron chi connectivity index (χ0n) is 12.6. The van der Waals surface area contributed by atoms with Gasteiger partial charge in [-0.3, -0.25) is 4.79 Å². The van der Waals surface area contributed by atoms with Gasteiger partial charge in [-0.25, -0.2) is 4.79 Å². The van der Waals surface area contributed by atoms with Gasteiger partial charge in [0.25, 0.3) is 0 Å². The van der Waals surface area contributed by atoms with E-state index >= 15 is 0 Å². The lowest BCUT2D eigenvalue weighted by Gasteiger charge is -2.25. The molecule has 0 aliphatic carbocycles. The first-order chi connectivity index (χ1) is 10.1. The number of hydrogen-bond donors (Lipinski definition) is 2. The van der Waals surface area contributed by atoms with Gasteiger partial charge in [0.2, 0.25) is 5.91 Å². The Labute approximate surface area is 125 Å². The maximum absolute atomic E-state index is 12.3. The Morgan fingerprint density at radius 2 is 2.05 bits per heavy atom. The number of benzene rings is 1. The normalized spacial score (nSPS) is 19.1. The van der Waals surface area contributed by atoms with E-state index in [2.05, 4.69) is 10.6 Å². The molecule has 2 rings (SSSR count). The van der Waals surface area contributed by atoms with Gasteiger partial charge < -0.3 is 15.5 Å². The second-order valence-corrected chi connectivity index (χ2v) is 5.47. The molecule has 0 saturated carbocycles. The zero-order valence-corrected chi connectivity index (χ0v) is 12.6. The average molecular weight is 289 g/mol. The molecule has 0 bridgehead atoms. The van der Waals surface area contributed by atoms with Crippen molar-refractivity contribution in [3.05, 3.63) is 30.3 Å². The molecule has 1 heterocycles. The van der Waals surface area contributed by atoms with Crippen molar-refractivity contribution in [2.45, 2.75) is 45.2 Å². The SMILES string of the molecule is CC[C@H](C)NC(=O)[C@H]1CCCN1C(=O)Nc1ccccc1. The van der Waals surface area contributed by atoms with E-state index in [9.17, 15) is 9.59 Å². The Bertz CT molecular complexity index is 490. The number of anilines is 1. The molecule has 1 aliphatic heterocycles. The Morgan fingerprint density at radius 1 is 1.33 bits per heavy atom. The highest BCUT2D eigenvalue weighted by Gasteiger charge is 2.34. The third-order valence-electron chi connectivity index (χ3n) is 3.84. The highest BCUT2D eigenvalue weighted by Crippen LogP contribution is 2.19. The molecule has 2 N–H and O–H groups in total. The summed E-state index contributed by atoms with van der Waals surface area (Å²) in [6, 6.07) is 8.88. The number of hydrogen-bond acceptors (Lipinski definition) is 2. The van der Waals surface area contributed by atoms with Crippen molar-refractivity contribution < 1.29 is 9.59 Å². The predicted molar refractivity (Wildman–Crippen MR) is 83.1 cm³/mol. The fourth-order valence-corrected chi connectivity index (χ4v) is 2.44. The van der Waals surface area contributed by atoms with Crippen molar-refractivity contribution in [1.82, 2.24) is 10.2 Å². The van der Waals surface area contributed by atoms with E-state index in [1.165, 1.54) is 0 Å². The molecule has 3 amide bonds. The lowest BCUT2D eigenvalue weighted by atomic mass is 10.2. The van der Waals surface area contributed by atoms with Crippen LogP contribution in [0.25, 0.3) is 0 Å². The molecule has 1 fully saturated rings. The van der Waals surface area contributed by atoms with E-state index in [4.69, 9.17) is 0 Å². The van der Waals surface area contributed by atoms with Crippen LogP contribution in [0.15, 0.2) is 30.3 Å². The van der Waals surface area contributed by atoms with Gasteiger partial charge in [-0.05, 0) is 38.3 Å². The topological polar surface area (TPSA) is 61.4 Å². The lowest BCUT2D eigenvalue weighted by Crippen LogP contribution is -2.49. The molecule has 1 aromatic carbocycles. The fraction of sp³-hybridized carbons (Fsp3) is 0.500. The molecule has 0 spiro atoms. The Kier molecular flexibility index (Phi) is 5.20. The molecule has 5 nitrogen and oxygen atoms in total. The summed E-state index contributed by atoms with van der Waals surface area (Å²) in [6.07, 6.45) is 2.47. The van der Waals surface area contributed by atoms with Gasteiger partial charge >= 0.3 is 6.03 Å². The number of nitrogens with zero attached hydrogens (tertiary/aromatic N) is 1. The number of likely N-dealkylation sites (tertiary alicyclic amines) is 1. The maximum Gasteiger partial charge on any atom is 0.322 e. The molecule has 1 aromatic rings. The summed E-state index contributed by atoms with van der Waals surface area (Å²) in [5, 5.41) is 5.80. The number of carbonyl (C=O) groups is 2. The minimum absolute atomic E-state index is 0.0509. The Morgan fingerprint density at radius 3 is 2.71 bits per heavy atom. The first-order valence-electron chi connectivity index (χ1n) is 7.55. The quantitative estimate of drug-likeness (QED) is 0.895. The van der Waals surface area contributed by atoms with Gasteiger partial charge in [0, 0.05) is 18.3 Å². The molecule has 1 saturated heterocycles. The van der Waals surface area contributed by atoms with E-state index in [0.29, 0.717) is 6.54 Å². The van der Waals surface area contributed by atoms with Crippen LogP contribution in [0.1, 0.15) is 33.1 Å². The van der Waals surface area contributed by atoms with E-state index in [1.807, 2.05) is 44.2 Å². The molecule has 21 heavy (non-hydrogen) atoms. The van der Waals surface area contributed by atoms with Crippen LogP contribution in [0.3, 0.4) is 0 Å². The zero-order chi connectivity index (χ0) is 15.2. The highest BCUT2D eigenvalue weighted by molar-refractivity contribution is 5.94. The third kappa shape index (κ3) is 3.97. The van der Waals surface area contributed by atoms with Crippen molar-refractivity contribution in [2.75, 3.05) is 11.9 Å². The number of nitrogens with one attached hydrogen (secondary N) is 2. The van der Waals surface area contributed by atoms with Crippen LogP contribution in [-0.2, 0) is 4.79 Å². The molecule has 5 heteroatoms. The molecule has 0 radical (unpaired) electrons. The van der Waals surface area contributed by atoms with E-state index in [-0.39, 0.29) is 24.0 Å². The summed E-state index contributed by atoms with van der Waals surface area (Å²) in [4.78, 5) is 26.2. The van der Waals surface area contributed by atoms with Crippen molar-refractivity contribution in [3.8, 4) is 0 Å². The van der Waals surface area contributed by atoms with Gasteiger partial charge in [-0.1, -0.05) is 25.1 Å². The third-order valence-corrected chi connectivity index (χ3v) is 3.84. The number of carbonyl (C=O) groups excluding carboxylic acids is 2. The average Bonchev–Trinajstić information content (AvgIpc) is 2.97. The van der Waals surface area contributed by atoms with Gasteiger partial charge in [0.1, 0.15) is 6.04 Å².